The van der Waals surface area contributed by atoms with Crippen LogP contribution in [0.5, 0.6) is 0 Å². The second-order valence-electron chi connectivity index (χ2n) is 2.93. The van der Waals surface area contributed by atoms with Gasteiger partial charge in [-0.25, -0.2) is 0 Å². The molecule has 1 aliphatic rings. The van der Waals surface area contributed by atoms with Crippen molar-refractivity contribution in [3.05, 3.63) is 48.2 Å². The molecule has 0 aromatic rings. The summed E-state index contributed by atoms with van der Waals surface area (Å²) in [7, 11) is 2.05. The number of likely N-dealkylation sites (N-methyl/N-ethyl adjacent to an activating group) is 1. The van der Waals surface area contributed by atoms with Crippen LogP contribution in [0.15, 0.2) is 48.2 Å². The van der Waals surface area contributed by atoms with Crippen LogP contribution in [0.1, 0.15) is 6.92 Å². The van der Waals surface area contributed by atoms with Gasteiger partial charge in [-0.05, 0) is 18.1 Å². The molecule has 0 spiro atoms. The molecule has 0 radical (unpaired) electrons. The summed E-state index contributed by atoms with van der Waals surface area (Å²) in [5.74, 6) is 0. The van der Waals surface area contributed by atoms with Crippen molar-refractivity contribution in [3.63, 3.8) is 0 Å². The summed E-state index contributed by atoms with van der Waals surface area (Å²) in [6, 6.07) is 0. The number of rotatable bonds is 1. The van der Waals surface area contributed by atoms with E-state index in [9.17, 15) is 0 Å². The minimum Gasteiger partial charge on any atom is -0.370 e. The predicted octanol–water partition coefficient (Wildman–Crippen LogP) is 2.50. The van der Waals surface area contributed by atoms with Crippen LogP contribution in [-0.4, -0.2) is 18.5 Å². The van der Waals surface area contributed by atoms with Crippen molar-refractivity contribution in [3.8, 4) is 0 Å². The zero-order valence-corrected chi connectivity index (χ0v) is 7.80. The molecule has 0 bridgehead atoms. The maximum atomic E-state index is 4.00. The molecule has 0 aromatic heterocycles. The Kier molecular flexibility index (Phi) is 2.54. The van der Waals surface area contributed by atoms with E-state index in [4.69, 9.17) is 0 Å². The highest BCUT2D eigenvalue weighted by atomic mass is 15.1. The van der Waals surface area contributed by atoms with Crippen LogP contribution < -0.4 is 0 Å². The minimum absolute atomic E-state index is 0.949. The first-order chi connectivity index (χ1) is 5.70. The molecule has 64 valence electrons. The standard InChI is InChI=1S/C11H15N/c1-5-7-10-8-12(4)9(3)11(10)6-2/h5-7H,1,3,8H2,2,4H3/b10-7-,11-6-. The van der Waals surface area contributed by atoms with E-state index >= 15 is 0 Å². The molecule has 12 heavy (non-hydrogen) atoms. The summed E-state index contributed by atoms with van der Waals surface area (Å²) in [6.45, 7) is 10.7. The van der Waals surface area contributed by atoms with Crippen molar-refractivity contribution in [2.24, 2.45) is 0 Å². The fourth-order valence-electron chi connectivity index (χ4n) is 1.46. The summed E-state index contributed by atoms with van der Waals surface area (Å²) in [5, 5.41) is 0. The highest BCUT2D eigenvalue weighted by Gasteiger charge is 2.20. The average Bonchev–Trinajstić information content (AvgIpc) is 2.29. The third-order valence-electron chi connectivity index (χ3n) is 2.13. The maximum absolute atomic E-state index is 4.00. The van der Waals surface area contributed by atoms with E-state index in [1.807, 2.05) is 19.1 Å². The zero-order valence-electron chi connectivity index (χ0n) is 7.80. The van der Waals surface area contributed by atoms with Gasteiger partial charge in [0.2, 0.25) is 0 Å². The van der Waals surface area contributed by atoms with Gasteiger partial charge in [0, 0.05) is 19.3 Å². The van der Waals surface area contributed by atoms with Gasteiger partial charge in [0.05, 0.1) is 0 Å². The Morgan fingerprint density at radius 3 is 2.67 bits per heavy atom. The van der Waals surface area contributed by atoms with Crippen LogP contribution in [-0.2, 0) is 0 Å². The second-order valence-corrected chi connectivity index (χ2v) is 2.93. The van der Waals surface area contributed by atoms with E-state index in [0.29, 0.717) is 0 Å². The molecule has 0 aliphatic carbocycles. The Hall–Kier alpha value is -1.24. The van der Waals surface area contributed by atoms with Gasteiger partial charge in [0.1, 0.15) is 0 Å². The molecular formula is C11H15N. The normalized spacial score (nSPS) is 24.2. The van der Waals surface area contributed by atoms with Crippen LogP contribution >= 0.6 is 0 Å². The Labute approximate surface area is 74.4 Å². The van der Waals surface area contributed by atoms with E-state index in [0.717, 1.165) is 12.2 Å². The van der Waals surface area contributed by atoms with E-state index in [1.54, 1.807) is 0 Å². The molecule has 1 rings (SSSR count). The van der Waals surface area contributed by atoms with Gasteiger partial charge in [-0.1, -0.05) is 31.4 Å². The molecule has 0 unspecified atom stereocenters. The fourth-order valence-corrected chi connectivity index (χ4v) is 1.46. The lowest BCUT2D eigenvalue weighted by Crippen LogP contribution is -2.09. The van der Waals surface area contributed by atoms with E-state index in [1.165, 1.54) is 11.1 Å². The molecule has 0 aromatic carbocycles. The Balaban J connectivity index is 3.02. The summed E-state index contributed by atoms with van der Waals surface area (Å²) in [4.78, 5) is 2.14. The van der Waals surface area contributed by atoms with Gasteiger partial charge >= 0.3 is 0 Å². The Morgan fingerprint density at radius 2 is 2.17 bits per heavy atom. The van der Waals surface area contributed by atoms with Gasteiger partial charge in [-0.3, -0.25) is 0 Å². The fraction of sp³-hybridized carbons (Fsp3) is 0.273. The number of nitrogens with zero attached hydrogens (tertiary/aromatic N) is 1. The number of hydrogen-bond acceptors (Lipinski definition) is 1. The third kappa shape index (κ3) is 1.35. The van der Waals surface area contributed by atoms with E-state index in [2.05, 4.69) is 31.2 Å². The van der Waals surface area contributed by atoms with Crippen LogP contribution in [0.3, 0.4) is 0 Å². The smallest absolute Gasteiger partial charge is 0.0432 e. The maximum Gasteiger partial charge on any atom is 0.0432 e. The van der Waals surface area contributed by atoms with Crippen LogP contribution in [0, 0.1) is 0 Å². The first kappa shape index (κ1) is 8.85. The molecular weight excluding hydrogens is 146 g/mol. The molecule has 1 heteroatoms. The molecule has 0 N–H and O–H groups in total. The lowest BCUT2D eigenvalue weighted by Gasteiger charge is -2.09. The van der Waals surface area contributed by atoms with Gasteiger partial charge in [0.25, 0.3) is 0 Å². The molecule has 0 amide bonds. The largest absolute Gasteiger partial charge is 0.370 e. The van der Waals surface area contributed by atoms with Crippen LogP contribution in [0.4, 0.5) is 0 Å². The summed E-state index contributed by atoms with van der Waals surface area (Å²) < 4.78 is 0. The minimum atomic E-state index is 0.949. The van der Waals surface area contributed by atoms with Crippen LogP contribution in [0.2, 0.25) is 0 Å². The van der Waals surface area contributed by atoms with Crippen molar-refractivity contribution in [2.45, 2.75) is 6.92 Å². The second kappa shape index (κ2) is 3.44. The predicted molar refractivity (Wildman–Crippen MR) is 53.8 cm³/mol. The first-order valence-corrected chi connectivity index (χ1v) is 4.09. The highest BCUT2D eigenvalue weighted by molar-refractivity contribution is 5.51. The van der Waals surface area contributed by atoms with Gasteiger partial charge in [-0.2, -0.15) is 0 Å². The average molecular weight is 161 g/mol. The quantitative estimate of drug-likeness (QED) is 0.571. The molecule has 1 heterocycles. The number of likely N-dealkylation sites (tertiary alicyclic amines) is 1. The van der Waals surface area contributed by atoms with Crippen molar-refractivity contribution in [2.75, 3.05) is 13.6 Å². The topological polar surface area (TPSA) is 3.24 Å². The third-order valence-corrected chi connectivity index (χ3v) is 2.13. The first-order valence-electron chi connectivity index (χ1n) is 4.09. The number of allylic oxidation sites excluding steroid dienone is 4. The summed E-state index contributed by atoms with van der Waals surface area (Å²) >= 11 is 0. The van der Waals surface area contributed by atoms with Gasteiger partial charge in [0.15, 0.2) is 0 Å². The highest BCUT2D eigenvalue weighted by Crippen LogP contribution is 2.28. The van der Waals surface area contributed by atoms with E-state index < -0.39 is 0 Å². The monoisotopic (exact) mass is 161 g/mol. The Morgan fingerprint density at radius 1 is 1.50 bits per heavy atom. The lowest BCUT2D eigenvalue weighted by atomic mass is 10.1. The lowest BCUT2D eigenvalue weighted by molar-refractivity contribution is 0.503. The van der Waals surface area contributed by atoms with Gasteiger partial charge < -0.3 is 4.90 Å². The zero-order chi connectivity index (χ0) is 9.14. The molecule has 1 aliphatic heterocycles. The SMILES string of the molecule is C=C/C=C1/CN(C)C(=C)/C1=C/C. The molecule has 1 nitrogen and oxygen atoms in total. The molecule has 0 atom stereocenters. The van der Waals surface area contributed by atoms with Crippen molar-refractivity contribution in [1.29, 1.82) is 0 Å². The van der Waals surface area contributed by atoms with Crippen molar-refractivity contribution < 1.29 is 0 Å². The number of hydrogen-bond donors (Lipinski definition) is 0. The van der Waals surface area contributed by atoms with Crippen molar-refractivity contribution >= 4 is 0 Å². The van der Waals surface area contributed by atoms with Crippen molar-refractivity contribution in [1.82, 2.24) is 4.90 Å². The van der Waals surface area contributed by atoms with E-state index in [-0.39, 0.29) is 0 Å². The van der Waals surface area contributed by atoms with Gasteiger partial charge in [-0.15, -0.1) is 0 Å². The summed E-state index contributed by atoms with van der Waals surface area (Å²) in [5.41, 5.74) is 3.66. The molecule has 0 saturated carbocycles. The Bertz CT molecular complexity index is 269. The molecule has 1 fully saturated rings. The molecule has 1 saturated heterocycles. The van der Waals surface area contributed by atoms with Crippen LogP contribution in [0.25, 0.3) is 0 Å². The summed E-state index contributed by atoms with van der Waals surface area (Å²) in [6.07, 6.45) is 5.97.